The molecule has 0 aliphatic carbocycles. The summed E-state index contributed by atoms with van der Waals surface area (Å²) >= 11 is 0. The predicted octanol–water partition coefficient (Wildman–Crippen LogP) is 3.96. The fourth-order valence-electron chi connectivity index (χ4n) is 4.49. The first-order valence-corrected chi connectivity index (χ1v) is 11.7. The van der Waals surface area contributed by atoms with Gasteiger partial charge in [-0.25, -0.2) is 14.6 Å². The standard InChI is InChI=1S/C27H30N2O7/c1-7-17-19-10-16(35-26(32)36-27(2,3)4)8-9-21(19)28-23-20(17)12-29(5)22(23)11-18-15(13-30)14-34-25(31)24(18)33-6/h8-11,13,24H,7,12,14H2,1-6H3/b22-11-. The average Bonchev–Trinajstić information content (AvgIpc) is 3.11. The lowest BCUT2D eigenvalue weighted by atomic mass is 9.97. The molecule has 4 rings (SSSR count). The van der Waals surface area contributed by atoms with E-state index < -0.39 is 23.8 Å². The first kappa shape index (κ1) is 25.4. The summed E-state index contributed by atoms with van der Waals surface area (Å²) in [4.78, 5) is 43.0. The van der Waals surface area contributed by atoms with Crippen molar-refractivity contribution < 1.29 is 33.3 Å². The lowest BCUT2D eigenvalue weighted by Crippen LogP contribution is -2.34. The van der Waals surface area contributed by atoms with Crippen LogP contribution in [-0.4, -0.2) is 60.8 Å². The second kappa shape index (κ2) is 9.73. The summed E-state index contributed by atoms with van der Waals surface area (Å²) in [7, 11) is 3.33. The van der Waals surface area contributed by atoms with Crippen LogP contribution in [0.15, 0.2) is 35.4 Å². The summed E-state index contributed by atoms with van der Waals surface area (Å²) < 4.78 is 21.1. The summed E-state index contributed by atoms with van der Waals surface area (Å²) in [6.07, 6.45) is 1.47. The minimum atomic E-state index is -0.984. The lowest BCUT2D eigenvalue weighted by Gasteiger charge is -2.24. The highest BCUT2D eigenvalue weighted by Gasteiger charge is 2.34. The van der Waals surface area contributed by atoms with Crippen LogP contribution >= 0.6 is 0 Å². The van der Waals surface area contributed by atoms with Gasteiger partial charge in [-0.2, -0.15) is 0 Å². The maximum Gasteiger partial charge on any atom is 0.514 e. The number of hydrogen-bond acceptors (Lipinski definition) is 9. The predicted molar refractivity (Wildman–Crippen MR) is 132 cm³/mol. The lowest BCUT2D eigenvalue weighted by molar-refractivity contribution is -0.153. The summed E-state index contributed by atoms with van der Waals surface area (Å²) in [5.74, 6) is -0.159. The van der Waals surface area contributed by atoms with Gasteiger partial charge in [-0.15, -0.1) is 0 Å². The number of methoxy groups -OCH3 is 1. The molecule has 2 aliphatic rings. The second-order valence-electron chi connectivity index (χ2n) is 9.72. The summed E-state index contributed by atoms with van der Waals surface area (Å²) in [6, 6.07) is 5.28. The molecule has 1 aromatic carbocycles. The number of rotatable bonds is 5. The normalized spacial score (nSPS) is 18.9. The van der Waals surface area contributed by atoms with E-state index in [0.29, 0.717) is 29.7 Å². The molecule has 36 heavy (non-hydrogen) atoms. The SMILES string of the molecule is CCc1c2c(nc3ccc(OC(=O)OC(C)(C)C)cc13)/C(=C/C1=C(C=O)COC(=O)C1OC)N(C)C2. The Balaban J connectivity index is 1.79. The van der Waals surface area contributed by atoms with Crippen molar-refractivity contribution in [2.24, 2.45) is 0 Å². The Labute approximate surface area is 209 Å². The molecule has 0 saturated heterocycles. The van der Waals surface area contributed by atoms with Crippen LogP contribution < -0.4 is 4.74 Å². The number of fused-ring (bicyclic) bond motifs is 2. The van der Waals surface area contributed by atoms with Crippen molar-refractivity contribution in [3.8, 4) is 5.75 Å². The number of carbonyl (C=O) groups excluding carboxylic acids is 3. The number of carbonyl (C=O) groups is 3. The number of nitrogens with zero attached hydrogens (tertiary/aromatic N) is 2. The first-order valence-electron chi connectivity index (χ1n) is 11.7. The fourth-order valence-corrected chi connectivity index (χ4v) is 4.49. The molecule has 0 radical (unpaired) electrons. The summed E-state index contributed by atoms with van der Waals surface area (Å²) in [5, 5.41) is 0.885. The number of hydrogen-bond donors (Lipinski definition) is 0. The van der Waals surface area contributed by atoms with Crippen molar-refractivity contribution in [2.75, 3.05) is 20.8 Å². The van der Waals surface area contributed by atoms with Crippen molar-refractivity contribution in [1.82, 2.24) is 9.88 Å². The van der Waals surface area contributed by atoms with Crippen LogP contribution in [0.3, 0.4) is 0 Å². The molecule has 0 amide bonds. The van der Waals surface area contributed by atoms with Crippen LogP contribution in [-0.2, 0) is 36.8 Å². The van der Waals surface area contributed by atoms with Gasteiger partial charge in [-0.05, 0) is 57.0 Å². The van der Waals surface area contributed by atoms with Crippen molar-refractivity contribution in [3.63, 3.8) is 0 Å². The zero-order chi connectivity index (χ0) is 26.2. The van der Waals surface area contributed by atoms with Crippen LogP contribution in [0.5, 0.6) is 5.75 Å². The van der Waals surface area contributed by atoms with Gasteiger partial charge in [-0.3, -0.25) is 4.79 Å². The minimum Gasteiger partial charge on any atom is -0.458 e. The fraction of sp³-hybridized carbons (Fsp3) is 0.407. The van der Waals surface area contributed by atoms with Gasteiger partial charge in [0.25, 0.3) is 0 Å². The zero-order valence-electron chi connectivity index (χ0n) is 21.3. The molecule has 2 aromatic rings. The number of benzene rings is 1. The number of aryl methyl sites for hydroxylation is 1. The van der Waals surface area contributed by atoms with E-state index in [1.165, 1.54) is 7.11 Å². The van der Waals surface area contributed by atoms with Crippen LogP contribution in [0.2, 0.25) is 0 Å². The molecule has 0 bridgehead atoms. The molecule has 0 saturated carbocycles. The highest BCUT2D eigenvalue weighted by Crippen LogP contribution is 2.38. The summed E-state index contributed by atoms with van der Waals surface area (Å²) in [6.45, 7) is 7.89. The van der Waals surface area contributed by atoms with E-state index in [1.54, 1.807) is 45.0 Å². The van der Waals surface area contributed by atoms with E-state index in [2.05, 4.69) is 6.92 Å². The third-order valence-corrected chi connectivity index (χ3v) is 6.08. The molecule has 1 unspecified atom stereocenters. The molecular formula is C27H30N2O7. The molecule has 2 aliphatic heterocycles. The van der Waals surface area contributed by atoms with E-state index in [4.69, 9.17) is 23.9 Å². The maximum absolute atomic E-state index is 12.3. The third-order valence-electron chi connectivity index (χ3n) is 6.08. The highest BCUT2D eigenvalue weighted by atomic mass is 16.7. The molecule has 1 aromatic heterocycles. The van der Waals surface area contributed by atoms with E-state index in [-0.39, 0.29) is 6.61 Å². The van der Waals surface area contributed by atoms with Crippen LogP contribution in [0.1, 0.15) is 44.5 Å². The number of aromatic nitrogens is 1. The number of esters is 1. The van der Waals surface area contributed by atoms with Crippen molar-refractivity contribution in [1.29, 1.82) is 0 Å². The monoisotopic (exact) mass is 494 g/mol. The van der Waals surface area contributed by atoms with Gasteiger partial charge in [0.15, 0.2) is 6.10 Å². The van der Waals surface area contributed by atoms with Crippen LogP contribution in [0.4, 0.5) is 4.79 Å². The van der Waals surface area contributed by atoms with Crippen LogP contribution in [0, 0.1) is 0 Å². The highest BCUT2D eigenvalue weighted by molar-refractivity contribution is 5.92. The Kier molecular flexibility index (Phi) is 6.86. The topological polar surface area (TPSA) is 104 Å². The van der Waals surface area contributed by atoms with E-state index in [0.717, 1.165) is 39.8 Å². The number of ether oxygens (including phenoxy) is 4. The molecule has 0 N–H and O–H groups in total. The summed E-state index contributed by atoms with van der Waals surface area (Å²) in [5.41, 5.74) is 4.57. The van der Waals surface area contributed by atoms with E-state index in [1.807, 2.05) is 11.9 Å². The molecule has 3 heterocycles. The molecule has 0 fully saturated rings. The molecule has 1 atom stereocenters. The molecule has 9 heteroatoms. The number of aldehydes is 1. The van der Waals surface area contributed by atoms with Gasteiger partial charge in [0.1, 0.15) is 24.2 Å². The van der Waals surface area contributed by atoms with Crippen molar-refractivity contribution in [2.45, 2.75) is 52.4 Å². The Bertz CT molecular complexity index is 1300. The van der Waals surface area contributed by atoms with Crippen molar-refractivity contribution >= 4 is 35.0 Å². The Morgan fingerprint density at radius 3 is 2.69 bits per heavy atom. The molecule has 9 nitrogen and oxygen atoms in total. The molecule has 190 valence electrons. The van der Waals surface area contributed by atoms with Crippen LogP contribution in [0.25, 0.3) is 16.6 Å². The van der Waals surface area contributed by atoms with Gasteiger partial charge in [0.2, 0.25) is 0 Å². The number of cyclic esters (lactones) is 1. The van der Waals surface area contributed by atoms with E-state index in [9.17, 15) is 14.4 Å². The van der Waals surface area contributed by atoms with Gasteiger partial charge in [0, 0.05) is 42.8 Å². The van der Waals surface area contributed by atoms with Gasteiger partial charge in [-0.1, -0.05) is 6.92 Å². The third kappa shape index (κ3) is 4.83. The van der Waals surface area contributed by atoms with Crippen molar-refractivity contribution in [3.05, 3.63) is 52.2 Å². The minimum absolute atomic E-state index is 0.0936. The van der Waals surface area contributed by atoms with Gasteiger partial charge >= 0.3 is 12.1 Å². The zero-order valence-corrected chi connectivity index (χ0v) is 21.3. The quantitative estimate of drug-likeness (QED) is 0.347. The first-order chi connectivity index (χ1) is 17.1. The van der Waals surface area contributed by atoms with E-state index >= 15 is 0 Å². The van der Waals surface area contributed by atoms with Gasteiger partial charge in [0.05, 0.1) is 16.9 Å². The maximum atomic E-state index is 12.3. The number of pyridine rings is 1. The Morgan fingerprint density at radius 1 is 1.31 bits per heavy atom. The smallest absolute Gasteiger partial charge is 0.458 e. The Hall–Kier alpha value is -3.72. The molecular weight excluding hydrogens is 464 g/mol. The molecule has 0 spiro atoms. The largest absolute Gasteiger partial charge is 0.514 e. The van der Waals surface area contributed by atoms with Gasteiger partial charge < -0.3 is 23.8 Å². The average molecular weight is 495 g/mol. The second-order valence-corrected chi connectivity index (χ2v) is 9.72. The Morgan fingerprint density at radius 2 is 2.06 bits per heavy atom.